The number of hydrogen-bond acceptors (Lipinski definition) is 7. The topological polar surface area (TPSA) is 115 Å². The van der Waals surface area contributed by atoms with E-state index < -0.39 is 4.92 Å². The fraction of sp³-hybridized carbons (Fsp3) is 0.294. The highest BCUT2D eigenvalue weighted by molar-refractivity contribution is 5.68. The van der Waals surface area contributed by atoms with E-state index in [1.54, 1.807) is 6.07 Å². The first-order valence-electron chi connectivity index (χ1n) is 7.91. The van der Waals surface area contributed by atoms with Gasteiger partial charge in [-0.15, -0.1) is 0 Å². The summed E-state index contributed by atoms with van der Waals surface area (Å²) in [7, 11) is 0. The number of aliphatic hydroxyl groups excluding tert-OH is 1. The highest BCUT2D eigenvalue weighted by atomic mass is 16.6. The smallest absolute Gasteiger partial charge is 0.287 e. The monoisotopic (exact) mass is 339 g/mol. The van der Waals surface area contributed by atoms with E-state index in [-0.39, 0.29) is 11.8 Å². The van der Waals surface area contributed by atoms with Crippen molar-refractivity contribution in [3.8, 4) is 6.07 Å². The molecule has 128 valence electrons. The molecule has 1 aromatic heterocycles. The number of nitrogens with one attached hydrogen (secondary N) is 1. The molecule has 0 radical (unpaired) electrons. The minimum absolute atomic E-state index is 0.0779. The van der Waals surface area contributed by atoms with Crippen LogP contribution in [0.4, 0.5) is 22.9 Å². The zero-order valence-corrected chi connectivity index (χ0v) is 13.4. The Hall–Kier alpha value is -3.18. The predicted molar refractivity (Wildman–Crippen MR) is 92.8 cm³/mol. The van der Waals surface area contributed by atoms with Crippen molar-refractivity contribution in [2.75, 3.05) is 23.3 Å². The number of nitro groups is 1. The number of benzene rings is 1. The predicted octanol–water partition coefficient (Wildman–Crippen LogP) is 2.57. The van der Waals surface area contributed by atoms with Crippen LogP contribution in [0.25, 0.3) is 0 Å². The molecule has 0 unspecified atom stereocenters. The lowest BCUT2D eigenvalue weighted by atomic mass is 10.0. The molecule has 0 saturated carbocycles. The van der Waals surface area contributed by atoms with Crippen LogP contribution in [0.15, 0.2) is 36.5 Å². The molecule has 1 saturated heterocycles. The molecule has 8 heteroatoms. The standard InChI is InChI=1S/C17H17N5O3/c18-10-12-9-13(20-17-4-2-14(11-19-17)22(24)25)1-3-16(12)21-7-5-15(23)6-8-21/h1-4,9,11,15,23H,5-8H2,(H,19,20). The van der Waals surface area contributed by atoms with Gasteiger partial charge in [0.25, 0.3) is 5.69 Å². The molecular formula is C17H17N5O3. The quantitative estimate of drug-likeness (QED) is 0.649. The highest BCUT2D eigenvalue weighted by Crippen LogP contribution is 2.28. The number of rotatable bonds is 4. The van der Waals surface area contributed by atoms with Gasteiger partial charge in [-0.3, -0.25) is 10.1 Å². The van der Waals surface area contributed by atoms with Crippen molar-refractivity contribution in [3.63, 3.8) is 0 Å². The first kappa shape index (κ1) is 16.7. The van der Waals surface area contributed by atoms with Gasteiger partial charge in [0.2, 0.25) is 0 Å². The molecule has 0 atom stereocenters. The van der Waals surface area contributed by atoms with Crippen molar-refractivity contribution in [1.29, 1.82) is 5.26 Å². The van der Waals surface area contributed by atoms with Crippen molar-refractivity contribution in [2.24, 2.45) is 0 Å². The van der Waals surface area contributed by atoms with Crippen molar-refractivity contribution in [2.45, 2.75) is 18.9 Å². The second-order valence-corrected chi connectivity index (χ2v) is 5.85. The fourth-order valence-corrected chi connectivity index (χ4v) is 2.80. The van der Waals surface area contributed by atoms with Gasteiger partial charge in [-0.2, -0.15) is 5.26 Å². The molecule has 2 aromatic rings. The third kappa shape index (κ3) is 3.84. The van der Waals surface area contributed by atoms with Gasteiger partial charge in [0.05, 0.1) is 22.3 Å². The summed E-state index contributed by atoms with van der Waals surface area (Å²) in [5.74, 6) is 0.461. The number of pyridine rings is 1. The molecule has 8 nitrogen and oxygen atoms in total. The molecule has 0 amide bonds. The largest absolute Gasteiger partial charge is 0.393 e. The summed E-state index contributed by atoms with van der Waals surface area (Å²) in [6.07, 6.45) is 2.30. The number of nitrogens with zero attached hydrogens (tertiary/aromatic N) is 4. The third-order valence-electron chi connectivity index (χ3n) is 4.15. The number of aromatic nitrogens is 1. The van der Waals surface area contributed by atoms with Gasteiger partial charge < -0.3 is 15.3 Å². The van der Waals surface area contributed by atoms with Crippen LogP contribution in [0.3, 0.4) is 0 Å². The van der Waals surface area contributed by atoms with E-state index in [0.29, 0.717) is 43.0 Å². The van der Waals surface area contributed by atoms with Crippen molar-refractivity contribution in [1.82, 2.24) is 4.98 Å². The van der Waals surface area contributed by atoms with E-state index in [1.807, 2.05) is 12.1 Å². The molecule has 2 N–H and O–H groups in total. The minimum atomic E-state index is -0.505. The van der Waals surface area contributed by atoms with Gasteiger partial charge in [0, 0.05) is 24.8 Å². The summed E-state index contributed by atoms with van der Waals surface area (Å²) < 4.78 is 0. The Bertz CT molecular complexity index is 808. The van der Waals surface area contributed by atoms with Crippen molar-refractivity contribution in [3.05, 3.63) is 52.2 Å². The van der Waals surface area contributed by atoms with Gasteiger partial charge in [0.15, 0.2) is 0 Å². The van der Waals surface area contributed by atoms with E-state index in [0.717, 1.165) is 5.69 Å². The van der Waals surface area contributed by atoms with Gasteiger partial charge >= 0.3 is 0 Å². The van der Waals surface area contributed by atoms with Crippen molar-refractivity contribution < 1.29 is 10.0 Å². The van der Waals surface area contributed by atoms with E-state index >= 15 is 0 Å². The molecule has 1 aliphatic heterocycles. The van der Waals surface area contributed by atoms with Gasteiger partial charge in [-0.1, -0.05) is 0 Å². The highest BCUT2D eigenvalue weighted by Gasteiger charge is 2.19. The number of nitriles is 1. The molecule has 3 rings (SSSR count). The van der Waals surface area contributed by atoms with Crippen LogP contribution in [-0.2, 0) is 0 Å². The zero-order valence-electron chi connectivity index (χ0n) is 13.4. The summed E-state index contributed by atoms with van der Waals surface area (Å²) in [5.41, 5.74) is 1.98. The number of hydrogen-bond donors (Lipinski definition) is 2. The normalized spacial score (nSPS) is 14.8. The lowest BCUT2D eigenvalue weighted by molar-refractivity contribution is -0.385. The Morgan fingerprint density at radius 2 is 2.08 bits per heavy atom. The average Bonchev–Trinajstić information content (AvgIpc) is 2.63. The minimum Gasteiger partial charge on any atom is -0.393 e. The van der Waals surface area contributed by atoms with Crippen LogP contribution >= 0.6 is 0 Å². The Balaban J connectivity index is 1.77. The molecule has 1 aromatic carbocycles. The Morgan fingerprint density at radius 1 is 1.32 bits per heavy atom. The molecule has 25 heavy (non-hydrogen) atoms. The number of anilines is 3. The SMILES string of the molecule is N#Cc1cc(Nc2ccc([N+](=O)[O-])cn2)ccc1N1CCC(O)CC1. The van der Waals surface area contributed by atoms with Crippen LogP contribution in [0.1, 0.15) is 18.4 Å². The number of aliphatic hydroxyl groups is 1. The molecule has 2 heterocycles. The number of piperidine rings is 1. The molecule has 1 aliphatic rings. The maximum Gasteiger partial charge on any atom is 0.287 e. The van der Waals surface area contributed by atoms with E-state index in [1.165, 1.54) is 18.3 Å². The lowest BCUT2D eigenvalue weighted by Crippen LogP contribution is -2.36. The third-order valence-corrected chi connectivity index (χ3v) is 4.15. The Labute approximate surface area is 144 Å². The van der Waals surface area contributed by atoms with Crippen LogP contribution in [0, 0.1) is 21.4 Å². The summed E-state index contributed by atoms with van der Waals surface area (Å²) in [6, 6.07) is 10.5. The maximum absolute atomic E-state index is 10.7. The Morgan fingerprint density at radius 3 is 2.68 bits per heavy atom. The van der Waals surface area contributed by atoms with Gasteiger partial charge in [0.1, 0.15) is 18.1 Å². The molecule has 0 bridgehead atoms. The van der Waals surface area contributed by atoms with E-state index in [2.05, 4.69) is 21.3 Å². The van der Waals surface area contributed by atoms with Crippen LogP contribution in [0.2, 0.25) is 0 Å². The van der Waals surface area contributed by atoms with E-state index in [9.17, 15) is 20.5 Å². The summed E-state index contributed by atoms with van der Waals surface area (Å²) in [4.78, 5) is 16.2. The fourth-order valence-electron chi connectivity index (χ4n) is 2.80. The summed E-state index contributed by atoms with van der Waals surface area (Å²) in [5, 5.41) is 32.7. The zero-order chi connectivity index (χ0) is 17.8. The molecular weight excluding hydrogens is 322 g/mol. The second kappa shape index (κ2) is 7.15. The summed E-state index contributed by atoms with van der Waals surface area (Å²) >= 11 is 0. The van der Waals surface area contributed by atoms with Crippen molar-refractivity contribution >= 4 is 22.9 Å². The molecule has 1 fully saturated rings. The first-order valence-corrected chi connectivity index (χ1v) is 7.91. The second-order valence-electron chi connectivity index (χ2n) is 5.85. The van der Waals surface area contributed by atoms with Gasteiger partial charge in [-0.05, 0) is 37.1 Å². The maximum atomic E-state index is 10.7. The lowest BCUT2D eigenvalue weighted by Gasteiger charge is -2.32. The first-order chi connectivity index (χ1) is 12.1. The average molecular weight is 339 g/mol. The van der Waals surface area contributed by atoms with E-state index in [4.69, 9.17) is 0 Å². The van der Waals surface area contributed by atoms with Crippen LogP contribution in [-0.4, -0.2) is 34.2 Å². The van der Waals surface area contributed by atoms with Crippen LogP contribution < -0.4 is 10.2 Å². The van der Waals surface area contributed by atoms with Gasteiger partial charge in [-0.25, -0.2) is 4.98 Å². The molecule has 0 spiro atoms. The van der Waals surface area contributed by atoms with Crippen LogP contribution in [0.5, 0.6) is 0 Å². The summed E-state index contributed by atoms with van der Waals surface area (Å²) in [6.45, 7) is 1.43. The molecule has 0 aliphatic carbocycles. The Kier molecular flexibility index (Phi) is 4.77.